The number of hydrogen-bond donors (Lipinski definition) is 1. The number of allylic oxidation sites excluding steroid dienone is 2. The van der Waals surface area contributed by atoms with E-state index in [1.54, 1.807) is 22.7 Å². The van der Waals surface area contributed by atoms with Crippen molar-refractivity contribution in [2.45, 2.75) is 86.5 Å². The first kappa shape index (κ1) is 36.7. The van der Waals surface area contributed by atoms with Crippen LogP contribution in [0.25, 0.3) is 42.3 Å². The van der Waals surface area contributed by atoms with Gasteiger partial charge in [0.05, 0.1) is 10.8 Å². The number of rotatable bonds is 9. The number of carbonyl (C=O) groups is 1. The Morgan fingerprint density at radius 3 is 2.20 bits per heavy atom. The van der Waals surface area contributed by atoms with E-state index in [9.17, 15) is 9.90 Å². The number of fused-ring (bicyclic) bond motifs is 2. The van der Waals surface area contributed by atoms with Crippen LogP contribution in [0.2, 0.25) is 0 Å². The van der Waals surface area contributed by atoms with Crippen molar-refractivity contribution in [3.05, 3.63) is 77.1 Å². The first-order chi connectivity index (χ1) is 21.0. The Labute approximate surface area is 289 Å². The molecule has 0 unspecified atom stereocenters. The van der Waals surface area contributed by atoms with Gasteiger partial charge in [0.1, 0.15) is 5.01 Å². The molecule has 0 aliphatic carbocycles. The normalized spacial score (nSPS) is 12.0. The fourth-order valence-corrected chi connectivity index (χ4v) is 7.28. The fraction of sp³-hybridized carbons (Fsp3) is 0.405. The number of aliphatic hydroxyl groups excluding tert-OH is 1. The molecule has 5 rings (SSSR count). The largest absolute Gasteiger partial charge is 0.512 e. The van der Waals surface area contributed by atoms with Crippen molar-refractivity contribution in [1.29, 1.82) is 0 Å². The molecular weight excluding hydrogens is 775 g/mol. The molecule has 0 atom stereocenters. The van der Waals surface area contributed by atoms with E-state index in [1.807, 2.05) is 46.9 Å². The molecule has 0 spiro atoms. The quantitative estimate of drug-likeness (QED) is 0.0911. The van der Waals surface area contributed by atoms with Gasteiger partial charge in [-0.25, -0.2) is 9.97 Å². The van der Waals surface area contributed by atoms with E-state index in [2.05, 4.69) is 73.2 Å². The van der Waals surface area contributed by atoms with Crippen molar-refractivity contribution >= 4 is 48.9 Å². The minimum absolute atomic E-state index is 0. The van der Waals surface area contributed by atoms with Gasteiger partial charge < -0.3 is 5.11 Å². The first-order valence-electron chi connectivity index (χ1n) is 15.6. The summed E-state index contributed by atoms with van der Waals surface area (Å²) in [4.78, 5) is 27.7. The second kappa shape index (κ2) is 16.2. The fourth-order valence-electron chi connectivity index (χ4n) is 5.34. The molecule has 0 aliphatic rings. The zero-order valence-electron chi connectivity index (χ0n) is 27.5. The molecule has 3 aromatic heterocycles. The molecule has 5 nitrogen and oxygen atoms in total. The maximum atomic E-state index is 11.7. The predicted octanol–water partition coefficient (Wildman–Crippen LogP) is 10.9. The van der Waals surface area contributed by atoms with Crippen LogP contribution in [0.15, 0.2) is 60.5 Å². The number of carbonyl (C=O) groups excluding carboxylic acids is 1. The molecule has 5 aromatic rings. The summed E-state index contributed by atoms with van der Waals surface area (Å²) in [6.07, 6.45) is 6.77. The van der Waals surface area contributed by atoms with Crippen LogP contribution in [-0.2, 0) is 30.3 Å². The van der Waals surface area contributed by atoms with E-state index in [1.165, 1.54) is 17.0 Å². The van der Waals surface area contributed by atoms with Crippen LogP contribution < -0.4 is 0 Å². The van der Waals surface area contributed by atoms with Gasteiger partial charge in [-0.2, -0.15) is 0 Å². The van der Waals surface area contributed by atoms with Crippen molar-refractivity contribution in [2.24, 2.45) is 11.8 Å². The summed E-state index contributed by atoms with van der Waals surface area (Å²) in [6, 6.07) is 18.4. The molecule has 241 valence electrons. The molecule has 0 fully saturated rings. The molecular formula is C37H44IrN3O2S2-. The number of aliphatic hydroxyl groups is 1. The van der Waals surface area contributed by atoms with E-state index in [0.29, 0.717) is 0 Å². The Morgan fingerprint density at radius 1 is 0.933 bits per heavy atom. The van der Waals surface area contributed by atoms with Gasteiger partial charge in [0.25, 0.3) is 0 Å². The number of aromatic nitrogens is 3. The SMILES string of the molecule is CCC(CC)C(=O)/C=C(\O)C(CC)CC.Cc1nc2sc(-c3ccnc(-c4[c-]c5ccccc5c(C(C)(C)C)c4)c3)nc2s1.[Ir]. The van der Waals surface area contributed by atoms with E-state index >= 15 is 0 Å². The number of thiazole rings is 2. The standard InChI is InChI=1S/C24H20N3S2.C13H24O2.Ir/c1-14-26-22-23(28-14)27-21(29-22)16-9-10-25-20(13-16)17-11-15-7-5-6-8-18(15)19(12-17)24(2,3)4;1-5-10(6-2)12(14)9-13(15)11(7-3)8-4;/h5-10,12-13H,1-4H3;9-11,14H,5-8H2,1-4H3;/q-1;;/b;12-9-;. The van der Waals surface area contributed by atoms with Crippen LogP contribution in [0.1, 0.15) is 84.7 Å². The molecule has 2 aromatic carbocycles. The van der Waals surface area contributed by atoms with Gasteiger partial charge in [0.15, 0.2) is 15.4 Å². The Bertz CT molecular complexity index is 1730. The average Bonchev–Trinajstić information content (AvgIpc) is 3.55. The van der Waals surface area contributed by atoms with Crippen molar-refractivity contribution < 1.29 is 30.0 Å². The third-order valence-corrected chi connectivity index (χ3v) is 10.0. The minimum Gasteiger partial charge on any atom is -0.512 e. The van der Waals surface area contributed by atoms with Crippen molar-refractivity contribution in [1.82, 2.24) is 15.0 Å². The second-order valence-electron chi connectivity index (χ2n) is 12.2. The number of ketones is 1. The van der Waals surface area contributed by atoms with Gasteiger partial charge in [0.2, 0.25) is 0 Å². The molecule has 1 N–H and O–H groups in total. The number of hydrogen-bond acceptors (Lipinski definition) is 7. The molecule has 0 saturated carbocycles. The molecule has 45 heavy (non-hydrogen) atoms. The van der Waals surface area contributed by atoms with Gasteiger partial charge in [-0.05, 0) is 44.1 Å². The monoisotopic (exact) mass is 819 g/mol. The van der Waals surface area contributed by atoms with Crippen molar-refractivity contribution in [3.63, 3.8) is 0 Å². The van der Waals surface area contributed by atoms with Crippen LogP contribution in [0.5, 0.6) is 0 Å². The Hall–Kier alpha value is -2.77. The van der Waals surface area contributed by atoms with Crippen molar-refractivity contribution in [3.8, 4) is 21.8 Å². The molecule has 3 heterocycles. The third kappa shape index (κ3) is 8.94. The average molecular weight is 819 g/mol. The van der Waals surface area contributed by atoms with Crippen LogP contribution in [0, 0.1) is 24.8 Å². The van der Waals surface area contributed by atoms with Gasteiger partial charge in [-0.15, -0.1) is 29.1 Å². The number of pyridine rings is 1. The van der Waals surface area contributed by atoms with Crippen LogP contribution in [-0.4, -0.2) is 25.8 Å². The van der Waals surface area contributed by atoms with Gasteiger partial charge in [-0.3, -0.25) is 9.78 Å². The summed E-state index contributed by atoms with van der Waals surface area (Å²) in [5, 5.41) is 14.2. The Morgan fingerprint density at radius 2 is 1.58 bits per heavy atom. The van der Waals surface area contributed by atoms with E-state index in [-0.39, 0.29) is 48.9 Å². The van der Waals surface area contributed by atoms with Gasteiger partial charge in [0, 0.05) is 55.5 Å². The molecule has 0 bridgehead atoms. The minimum atomic E-state index is 0. The maximum absolute atomic E-state index is 11.7. The summed E-state index contributed by atoms with van der Waals surface area (Å²) in [5.74, 6) is 0.547. The maximum Gasteiger partial charge on any atom is 0.162 e. The van der Waals surface area contributed by atoms with Gasteiger partial charge >= 0.3 is 0 Å². The molecule has 8 heteroatoms. The summed E-state index contributed by atoms with van der Waals surface area (Å²) >= 11 is 3.28. The molecule has 1 radical (unpaired) electrons. The van der Waals surface area contributed by atoms with E-state index in [0.717, 1.165) is 67.6 Å². The van der Waals surface area contributed by atoms with Crippen LogP contribution in [0.3, 0.4) is 0 Å². The summed E-state index contributed by atoms with van der Waals surface area (Å²) < 4.78 is 0. The Kier molecular flexibility index (Phi) is 13.2. The zero-order valence-corrected chi connectivity index (χ0v) is 31.6. The van der Waals surface area contributed by atoms with Crippen LogP contribution in [0.4, 0.5) is 0 Å². The second-order valence-corrected chi connectivity index (χ2v) is 14.3. The topological polar surface area (TPSA) is 76.0 Å². The zero-order chi connectivity index (χ0) is 32.0. The molecule has 0 aliphatic heterocycles. The third-order valence-electron chi connectivity index (χ3n) is 8.03. The molecule has 0 saturated heterocycles. The van der Waals surface area contributed by atoms with Crippen molar-refractivity contribution in [2.75, 3.05) is 0 Å². The van der Waals surface area contributed by atoms with Gasteiger partial charge in [-0.1, -0.05) is 106 Å². The predicted molar refractivity (Wildman–Crippen MR) is 188 cm³/mol. The summed E-state index contributed by atoms with van der Waals surface area (Å²) in [5.41, 5.74) is 4.35. The summed E-state index contributed by atoms with van der Waals surface area (Å²) in [6.45, 7) is 16.8. The van der Waals surface area contributed by atoms with E-state index in [4.69, 9.17) is 4.98 Å². The van der Waals surface area contributed by atoms with Crippen LogP contribution >= 0.6 is 22.7 Å². The number of nitrogens with zero attached hydrogens (tertiary/aromatic N) is 3. The van der Waals surface area contributed by atoms with E-state index < -0.39 is 0 Å². The smallest absolute Gasteiger partial charge is 0.162 e. The molecule has 0 amide bonds. The number of benzene rings is 2. The number of aryl methyl sites for hydroxylation is 1. The summed E-state index contributed by atoms with van der Waals surface area (Å²) in [7, 11) is 0. The first-order valence-corrected chi connectivity index (χ1v) is 17.2. The Balaban J connectivity index is 0.000000297.